The van der Waals surface area contributed by atoms with Gasteiger partial charge in [0.25, 0.3) is 0 Å². The molecule has 0 saturated carbocycles. The predicted molar refractivity (Wildman–Crippen MR) is 153 cm³/mol. The summed E-state index contributed by atoms with van der Waals surface area (Å²) in [5.74, 6) is 0.617. The zero-order valence-corrected chi connectivity index (χ0v) is 24.4. The number of carbonyl (C=O) groups is 1. The number of ether oxygens (including phenoxy) is 1. The molecule has 2 rings (SSSR count). The molecule has 0 aliphatic rings. The lowest BCUT2D eigenvalue weighted by Gasteiger charge is -2.28. The van der Waals surface area contributed by atoms with E-state index in [1.165, 1.54) is 29.5 Å². The van der Waals surface area contributed by atoms with Crippen molar-refractivity contribution >= 4 is 5.97 Å². The SMILES string of the molecule is CCCCc1ccc(OC(=O)c2cc(C(C)(C)C)c(O)c(C(C)(C)C)c2)c(CCCC)c1CCCC. The van der Waals surface area contributed by atoms with E-state index in [1.54, 1.807) is 0 Å². The quantitative estimate of drug-likeness (QED) is 0.250. The third kappa shape index (κ3) is 7.60. The molecule has 0 fully saturated rings. The summed E-state index contributed by atoms with van der Waals surface area (Å²) in [5.41, 5.74) is 5.43. The highest BCUT2D eigenvalue weighted by atomic mass is 16.5. The van der Waals surface area contributed by atoms with Crippen LogP contribution in [0.1, 0.15) is 139 Å². The Morgan fingerprint density at radius 1 is 0.750 bits per heavy atom. The van der Waals surface area contributed by atoms with Gasteiger partial charge in [-0.3, -0.25) is 0 Å². The molecule has 2 aromatic rings. The number of aromatic hydroxyl groups is 1. The summed E-state index contributed by atoms with van der Waals surface area (Å²) in [5, 5.41) is 11.1. The molecule has 2 aromatic carbocycles. The van der Waals surface area contributed by atoms with E-state index in [9.17, 15) is 9.90 Å². The Hall–Kier alpha value is -2.29. The van der Waals surface area contributed by atoms with E-state index < -0.39 is 0 Å². The maximum Gasteiger partial charge on any atom is 0.343 e. The van der Waals surface area contributed by atoms with Crippen LogP contribution in [0.25, 0.3) is 0 Å². The molecule has 1 N–H and O–H groups in total. The van der Waals surface area contributed by atoms with E-state index in [0.29, 0.717) is 11.3 Å². The zero-order valence-electron chi connectivity index (χ0n) is 24.4. The maximum absolute atomic E-state index is 13.6. The molecular formula is C33H50O3. The monoisotopic (exact) mass is 494 g/mol. The fraction of sp³-hybridized carbons (Fsp3) is 0.606. The minimum Gasteiger partial charge on any atom is -0.507 e. The van der Waals surface area contributed by atoms with Crippen molar-refractivity contribution in [2.75, 3.05) is 0 Å². The van der Waals surface area contributed by atoms with Crippen LogP contribution in [0.2, 0.25) is 0 Å². The molecule has 0 aliphatic heterocycles. The smallest absolute Gasteiger partial charge is 0.343 e. The van der Waals surface area contributed by atoms with E-state index >= 15 is 0 Å². The second-order valence-corrected chi connectivity index (χ2v) is 12.3. The molecule has 3 nitrogen and oxygen atoms in total. The third-order valence-corrected chi connectivity index (χ3v) is 7.01. The molecule has 0 aromatic heterocycles. The Labute approximate surface area is 220 Å². The van der Waals surface area contributed by atoms with Crippen molar-refractivity contribution in [3.63, 3.8) is 0 Å². The van der Waals surface area contributed by atoms with Crippen LogP contribution < -0.4 is 4.74 Å². The first-order valence-corrected chi connectivity index (χ1v) is 14.1. The first kappa shape index (κ1) is 29.9. The lowest BCUT2D eigenvalue weighted by molar-refractivity contribution is 0.0732. The molecule has 0 saturated heterocycles. The van der Waals surface area contributed by atoms with Crippen molar-refractivity contribution in [2.45, 2.75) is 131 Å². The second-order valence-electron chi connectivity index (χ2n) is 12.3. The van der Waals surface area contributed by atoms with Gasteiger partial charge < -0.3 is 9.84 Å². The number of phenols is 1. The molecular weight excluding hydrogens is 444 g/mol. The van der Waals surface area contributed by atoms with Crippen molar-refractivity contribution in [3.8, 4) is 11.5 Å². The minimum atomic E-state index is -0.355. The summed E-state index contributed by atoms with van der Waals surface area (Å²) >= 11 is 0. The Bertz CT molecular complexity index is 983. The van der Waals surface area contributed by atoms with Gasteiger partial charge in [0.05, 0.1) is 5.56 Å². The molecule has 36 heavy (non-hydrogen) atoms. The van der Waals surface area contributed by atoms with Gasteiger partial charge in [0, 0.05) is 11.1 Å². The molecule has 0 amide bonds. The number of esters is 1. The summed E-state index contributed by atoms with van der Waals surface area (Å²) in [7, 11) is 0. The van der Waals surface area contributed by atoms with E-state index in [4.69, 9.17) is 4.74 Å². The van der Waals surface area contributed by atoms with Crippen LogP contribution in [0.4, 0.5) is 0 Å². The molecule has 200 valence electrons. The standard InChI is InChI=1S/C33H50O3/c1-10-13-16-23-19-20-29(26(18-15-12-3)25(23)17-14-11-2)36-31(35)24-21-27(32(4,5)6)30(34)28(22-24)33(7,8)9/h19-22,34H,10-18H2,1-9H3. The third-order valence-electron chi connectivity index (χ3n) is 7.01. The van der Waals surface area contributed by atoms with E-state index in [1.807, 2.05) is 18.2 Å². The minimum absolute atomic E-state index is 0.275. The average Bonchev–Trinajstić information content (AvgIpc) is 2.79. The summed E-state index contributed by atoms with van der Waals surface area (Å²) < 4.78 is 6.16. The molecule has 0 aliphatic carbocycles. The number of unbranched alkanes of at least 4 members (excludes halogenated alkanes) is 3. The van der Waals surface area contributed by atoms with Gasteiger partial charge >= 0.3 is 5.97 Å². The molecule has 0 spiro atoms. The van der Waals surface area contributed by atoms with Gasteiger partial charge in [-0.1, -0.05) is 87.6 Å². The summed E-state index contributed by atoms with van der Waals surface area (Å²) in [6.07, 6.45) is 9.82. The van der Waals surface area contributed by atoms with Gasteiger partial charge in [-0.25, -0.2) is 4.79 Å². The molecule has 0 bridgehead atoms. The predicted octanol–water partition coefficient (Wildman–Crippen LogP) is 9.23. The molecule has 0 unspecified atom stereocenters. The summed E-state index contributed by atoms with van der Waals surface area (Å²) in [6, 6.07) is 7.81. The van der Waals surface area contributed by atoms with Gasteiger partial charge in [-0.05, 0) is 84.2 Å². The summed E-state index contributed by atoms with van der Waals surface area (Å²) in [6.45, 7) is 19.0. The molecule has 0 atom stereocenters. The van der Waals surface area contributed by atoms with Gasteiger partial charge in [-0.2, -0.15) is 0 Å². The van der Waals surface area contributed by atoms with Crippen LogP contribution in [-0.2, 0) is 30.1 Å². The Morgan fingerprint density at radius 3 is 1.69 bits per heavy atom. The first-order chi connectivity index (χ1) is 16.8. The van der Waals surface area contributed by atoms with E-state index in [0.717, 1.165) is 56.1 Å². The topological polar surface area (TPSA) is 46.5 Å². The average molecular weight is 495 g/mol. The maximum atomic E-state index is 13.6. The first-order valence-electron chi connectivity index (χ1n) is 14.1. The van der Waals surface area contributed by atoms with Crippen LogP contribution in [-0.4, -0.2) is 11.1 Å². The molecule has 0 heterocycles. The van der Waals surface area contributed by atoms with Gasteiger partial charge in [0.15, 0.2) is 0 Å². The largest absolute Gasteiger partial charge is 0.507 e. The van der Waals surface area contributed by atoms with Gasteiger partial charge in [-0.15, -0.1) is 0 Å². The van der Waals surface area contributed by atoms with Crippen molar-refractivity contribution in [2.24, 2.45) is 0 Å². The van der Waals surface area contributed by atoms with Gasteiger partial charge in [0.1, 0.15) is 11.5 Å². The van der Waals surface area contributed by atoms with Gasteiger partial charge in [0.2, 0.25) is 0 Å². The number of phenolic OH excluding ortho intramolecular Hbond substituents is 1. The van der Waals surface area contributed by atoms with Crippen molar-refractivity contribution in [1.29, 1.82) is 0 Å². The fourth-order valence-corrected chi connectivity index (χ4v) is 4.76. The lowest BCUT2D eigenvalue weighted by atomic mass is 9.78. The van der Waals surface area contributed by atoms with E-state index in [2.05, 4.69) is 68.4 Å². The Morgan fingerprint density at radius 2 is 1.22 bits per heavy atom. The number of hydrogen-bond donors (Lipinski definition) is 1. The fourth-order valence-electron chi connectivity index (χ4n) is 4.76. The number of benzene rings is 2. The van der Waals surface area contributed by atoms with Crippen LogP contribution >= 0.6 is 0 Å². The second kappa shape index (κ2) is 12.8. The van der Waals surface area contributed by atoms with E-state index in [-0.39, 0.29) is 22.5 Å². The highest BCUT2D eigenvalue weighted by Crippen LogP contribution is 2.40. The number of rotatable bonds is 11. The van der Waals surface area contributed by atoms with Crippen LogP contribution in [0.3, 0.4) is 0 Å². The van der Waals surface area contributed by atoms with Crippen LogP contribution in [0.15, 0.2) is 24.3 Å². The highest BCUT2D eigenvalue weighted by Gasteiger charge is 2.28. The Kier molecular flexibility index (Phi) is 10.6. The molecule has 3 heteroatoms. The number of aryl methyl sites for hydroxylation is 1. The highest BCUT2D eigenvalue weighted by molar-refractivity contribution is 5.92. The van der Waals surface area contributed by atoms with Crippen LogP contribution in [0, 0.1) is 0 Å². The molecule has 0 radical (unpaired) electrons. The number of carbonyl (C=O) groups excluding carboxylic acids is 1. The Balaban J connectivity index is 2.59. The van der Waals surface area contributed by atoms with Crippen molar-refractivity contribution in [1.82, 2.24) is 0 Å². The van der Waals surface area contributed by atoms with Crippen LogP contribution in [0.5, 0.6) is 11.5 Å². The zero-order chi connectivity index (χ0) is 27.1. The van der Waals surface area contributed by atoms with Crippen molar-refractivity contribution in [3.05, 3.63) is 57.6 Å². The normalized spacial score (nSPS) is 12.1. The lowest BCUT2D eigenvalue weighted by Crippen LogP contribution is -2.20. The number of hydrogen-bond acceptors (Lipinski definition) is 3. The van der Waals surface area contributed by atoms with Crippen molar-refractivity contribution < 1.29 is 14.6 Å². The summed E-state index contributed by atoms with van der Waals surface area (Å²) in [4.78, 5) is 13.6.